The Bertz CT molecular complexity index is 1550. The predicted molar refractivity (Wildman–Crippen MR) is 209 cm³/mol. The fourth-order valence-corrected chi connectivity index (χ4v) is 6.29. The Morgan fingerprint density at radius 2 is 1.68 bits per heavy atom. The summed E-state index contributed by atoms with van der Waals surface area (Å²) < 4.78 is 39.4. The Kier molecular flexibility index (Phi) is 23.0. The van der Waals surface area contributed by atoms with Gasteiger partial charge in [0, 0.05) is 34.3 Å². The van der Waals surface area contributed by atoms with E-state index < -0.39 is 5.82 Å². The van der Waals surface area contributed by atoms with E-state index in [1.807, 2.05) is 63.4 Å². The first-order chi connectivity index (χ1) is 24.3. The number of hydrogen-bond donors (Lipinski definition) is 1. The minimum absolute atomic E-state index is 0.138. The van der Waals surface area contributed by atoms with E-state index in [1.54, 1.807) is 51.6 Å². The molecule has 0 spiro atoms. The molecule has 1 heterocycles. The summed E-state index contributed by atoms with van der Waals surface area (Å²) >= 11 is 15.5. The molecular formula is C37H50Cl2FN3O5S2. The molecule has 8 nitrogen and oxygen atoms in total. The molecule has 0 unspecified atom stereocenters. The Balaban J connectivity index is 0.00000197. The van der Waals surface area contributed by atoms with Crippen LogP contribution in [0.15, 0.2) is 65.0 Å². The molecule has 0 aliphatic carbocycles. The van der Waals surface area contributed by atoms with E-state index in [2.05, 4.69) is 10.3 Å². The summed E-state index contributed by atoms with van der Waals surface area (Å²) in [5.41, 5.74) is 1.70. The standard InChI is InChI=1S/C31H32Cl2FN3O5S2.3C2H6/c1-4-41-30(38)18-35-11-5-6-20-14-22(32)8-10-26(20)42-28-17-25(34)29(16-24(28)33)44-37(31-36-12-13-43-31)19-21-7-9-23(39-2)15-27(21)40-3;3*1-2/h7-10,12-17,35H,4-6,11,18-19H2,1-3H3;3*1-2H3. The third-order valence-electron chi connectivity index (χ3n) is 6.25. The lowest BCUT2D eigenvalue weighted by molar-refractivity contribution is -0.141. The summed E-state index contributed by atoms with van der Waals surface area (Å²) in [7, 11) is 3.18. The molecule has 0 aliphatic heterocycles. The molecule has 13 heteroatoms. The van der Waals surface area contributed by atoms with Crippen LogP contribution in [0.2, 0.25) is 10.0 Å². The van der Waals surface area contributed by atoms with Gasteiger partial charge in [0.1, 0.15) is 28.8 Å². The average Bonchev–Trinajstić information content (AvgIpc) is 3.69. The van der Waals surface area contributed by atoms with Crippen LogP contribution in [-0.2, 0) is 22.5 Å². The quantitative estimate of drug-likeness (QED) is 0.0680. The minimum atomic E-state index is -0.503. The topological polar surface area (TPSA) is 82.2 Å². The van der Waals surface area contributed by atoms with Gasteiger partial charge in [-0.15, -0.1) is 11.3 Å². The SMILES string of the molecule is CC.CC.CC.CCOC(=O)CNCCCc1cc(Cl)ccc1Oc1cc(F)c(SN(Cc2ccc(OC)cc2OC)c2nccs2)cc1Cl. The van der Waals surface area contributed by atoms with E-state index in [0.717, 1.165) is 11.1 Å². The second-order valence-corrected chi connectivity index (χ2v) is 12.1. The van der Waals surface area contributed by atoms with Crippen molar-refractivity contribution in [3.8, 4) is 23.0 Å². The molecule has 1 aromatic heterocycles. The average molecular weight is 771 g/mol. The van der Waals surface area contributed by atoms with Gasteiger partial charge < -0.3 is 24.3 Å². The van der Waals surface area contributed by atoms with E-state index in [1.165, 1.54) is 35.4 Å². The summed E-state index contributed by atoms with van der Waals surface area (Å²) in [6.07, 6.45) is 3.01. The van der Waals surface area contributed by atoms with Gasteiger partial charge in [0.25, 0.3) is 0 Å². The summed E-state index contributed by atoms with van der Waals surface area (Å²) in [5, 5.41) is 6.39. The van der Waals surface area contributed by atoms with Crippen molar-refractivity contribution in [3.63, 3.8) is 0 Å². The number of rotatable bonds is 16. The van der Waals surface area contributed by atoms with Gasteiger partial charge in [0.05, 0.1) is 43.8 Å². The van der Waals surface area contributed by atoms with Crippen molar-refractivity contribution in [1.82, 2.24) is 10.3 Å². The van der Waals surface area contributed by atoms with Crippen molar-refractivity contribution < 1.29 is 28.1 Å². The molecule has 0 amide bonds. The first-order valence-corrected chi connectivity index (χ1v) is 19.1. The molecule has 4 rings (SSSR count). The maximum absolute atomic E-state index is 15.6. The lowest BCUT2D eigenvalue weighted by Crippen LogP contribution is -2.25. The Labute approximate surface area is 315 Å². The molecule has 0 bridgehead atoms. The van der Waals surface area contributed by atoms with Gasteiger partial charge in [-0.3, -0.25) is 9.10 Å². The monoisotopic (exact) mass is 769 g/mol. The lowest BCUT2D eigenvalue weighted by Gasteiger charge is -2.22. The smallest absolute Gasteiger partial charge is 0.319 e. The third-order valence-corrected chi connectivity index (χ3v) is 8.72. The van der Waals surface area contributed by atoms with Crippen LogP contribution in [0.5, 0.6) is 23.0 Å². The minimum Gasteiger partial charge on any atom is -0.497 e. The second-order valence-electron chi connectivity index (χ2n) is 9.27. The van der Waals surface area contributed by atoms with Crippen LogP contribution in [0.1, 0.15) is 66.0 Å². The highest BCUT2D eigenvalue weighted by molar-refractivity contribution is 8.00. The molecule has 0 atom stereocenters. The zero-order valence-electron chi connectivity index (χ0n) is 30.4. The molecule has 276 valence electrons. The summed E-state index contributed by atoms with van der Waals surface area (Å²) in [5.74, 6) is 1.20. The molecule has 0 fully saturated rings. The van der Waals surface area contributed by atoms with Gasteiger partial charge >= 0.3 is 5.97 Å². The van der Waals surface area contributed by atoms with E-state index in [4.69, 9.17) is 42.1 Å². The molecule has 3 aromatic carbocycles. The van der Waals surface area contributed by atoms with Crippen LogP contribution < -0.4 is 23.8 Å². The number of thiazole rings is 1. The maximum atomic E-state index is 15.6. The highest BCUT2D eigenvalue weighted by Gasteiger charge is 2.20. The van der Waals surface area contributed by atoms with Crippen LogP contribution in [0.4, 0.5) is 9.52 Å². The third kappa shape index (κ3) is 14.6. The number of nitrogens with zero attached hydrogens (tertiary/aromatic N) is 2. The van der Waals surface area contributed by atoms with Crippen LogP contribution >= 0.6 is 46.5 Å². The predicted octanol–water partition coefficient (Wildman–Crippen LogP) is 11.3. The Hall–Kier alpha value is -3.22. The van der Waals surface area contributed by atoms with E-state index in [0.29, 0.717) is 64.8 Å². The van der Waals surface area contributed by atoms with E-state index in [9.17, 15) is 4.79 Å². The van der Waals surface area contributed by atoms with Gasteiger partial charge in [-0.25, -0.2) is 9.37 Å². The number of carbonyl (C=O) groups is 1. The molecule has 0 aliphatic rings. The number of methoxy groups -OCH3 is 2. The largest absolute Gasteiger partial charge is 0.497 e. The normalized spacial score (nSPS) is 9.92. The number of esters is 1. The first kappa shape index (κ1) is 44.8. The molecule has 0 radical (unpaired) electrons. The molecule has 4 aromatic rings. The molecule has 50 heavy (non-hydrogen) atoms. The molecule has 0 saturated heterocycles. The van der Waals surface area contributed by atoms with E-state index >= 15 is 4.39 Å². The summed E-state index contributed by atoms with van der Waals surface area (Å²) in [6, 6.07) is 13.6. The maximum Gasteiger partial charge on any atom is 0.319 e. The van der Waals surface area contributed by atoms with Crippen LogP contribution in [0, 0.1) is 5.82 Å². The number of aromatic nitrogens is 1. The zero-order valence-corrected chi connectivity index (χ0v) is 33.5. The molecule has 0 saturated carbocycles. The van der Waals surface area contributed by atoms with Crippen LogP contribution in [-0.4, -0.2) is 44.9 Å². The van der Waals surface area contributed by atoms with Gasteiger partial charge in [0.2, 0.25) is 0 Å². The fraction of sp³-hybridized carbons (Fsp3) is 0.405. The number of benzene rings is 3. The number of nitrogens with one attached hydrogen (secondary N) is 1. The summed E-state index contributed by atoms with van der Waals surface area (Å²) in [6.45, 7) is 15.2. The van der Waals surface area contributed by atoms with Crippen molar-refractivity contribution in [1.29, 1.82) is 0 Å². The van der Waals surface area contributed by atoms with Gasteiger partial charge in [-0.1, -0.05) is 64.7 Å². The Morgan fingerprint density at radius 1 is 0.940 bits per heavy atom. The van der Waals surface area contributed by atoms with Crippen LogP contribution in [0.25, 0.3) is 0 Å². The fourth-order valence-electron chi connectivity index (χ4n) is 4.16. The first-order valence-electron chi connectivity index (χ1n) is 16.7. The van der Waals surface area contributed by atoms with Crippen LogP contribution in [0.3, 0.4) is 0 Å². The summed E-state index contributed by atoms with van der Waals surface area (Å²) in [4.78, 5) is 16.3. The molecule has 1 N–H and O–H groups in total. The Morgan fingerprint density at radius 3 is 2.32 bits per heavy atom. The van der Waals surface area contributed by atoms with Crippen molar-refractivity contribution in [2.75, 3.05) is 38.2 Å². The number of hydrogen-bond acceptors (Lipinski definition) is 10. The zero-order chi connectivity index (χ0) is 37.5. The number of halogens is 3. The van der Waals surface area contributed by atoms with Crippen molar-refractivity contribution in [2.45, 2.75) is 72.7 Å². The number of anilines is 1. The van der Waals surface area contributed by atoms with E-state index in [-0.39, 0.29) is 23.3 Å². The second kappa shape index (κ2) is 25.7. The molecular weight excluding hydrogens is 720 g/mol. The highest BCUT2D eigenvalue weighted by Crippen LogP contribution is 2.40. The van der Waals surface area contributed by atoms with Crippen molar-refractivity contribution in [2.24, 2.45) is 0 Å². The number of aryl methyl sites for hydroxylation is 1. The van der Waals surface area contributed by atoms with Gasteiger partial charge in [0.15, 0.2) is 5.13 Å². The lowest BCUT2D eigenvalue weighted by atomic mass is 10.1. The van der Waals surface area contributed by atoms with Gasteiger partial charge in [-0.2, -0.15) is 0 Å². The highest BCUT2D eigenvalue weighted by atomic mass is 35.5. The van der Waals surface area contributed by atoms with Crippen molar-refractivity contribution >= 4 is 57.6 Å². The van der Waals surface area contributed by atoms with Crippen molar-refractivity contribution in [3.05, 3.63) is 87.1 Å². The number of carbonyl (C=O) groups excluding carboxylic acids is 1. The van der Waals surface area contributed by atoms with Gasteiger partial charge in [-0.05, 0) is 80.2 Å². The number of ether oxygens (including phenoxy) is 4.